The number of rotatable bonds is 28. The molecule has 13 nitrogen and oxygen atoms in total. The van der Waals surface area contributed by atoms with Crippen molar-refractivity contribution in [1.82, 2.24) is 10.6 Å². The number of benzene rings is 2. The van der Waals surface area contributed by atoms with Gasteiger partial charge in [-0.2, -0.15) is 0 Å². The van der Waals surface area contributed by atoms with E-state index in [9.17, 15) is 14.4 Å². The summed E-state index contributed by atoms with van der Waals surface area (Å²) in [5.41, 5.74) is 2.16. The van der Waals surface area contributed by atoms with Crippen molar-refractivity contribution in [3.63, 3.8) is 0 Å². The van der Waals surface area contributed by atoms with Crippen LogP contribution in [0.5, 0.6) is 23.0 Å². The van der Waals surface area contributed by atoms with E-state index in [0.717, 1.165) is 24.0 Å². The van der Waals surface area contributed by atoms with Gasteiger partial charge in [-0.05, 0) is 109 Å². The van der Waals surface area contributed by atoms with Crippen molar-refractivity contribution < 1.29 is 52.3 Å². The molecule has 0 aliphatic carbocycles. The van der Waals surface area contributed by atoms with Gasteiger partial charge in [-0.3, -0.25) is 9.59 Å². The first-order valence-electron chi connectivity index (χ1n) is 23.6. The fraction of sp³-hybridized carbons (Fsp3) is 0.706. The molecule has 360 valence electrons. The minimum absolute atomic E-state index is 0.0989. The Morgan fingerprint density at radius 2 is 0.984 bits per heavy atom. The Labute approximate surface area is 383 Å². The van der Waals surface area contributed by atoms with E-state index in [1.165, 1.54) is 0 Å². The molecule has 0 unspecified atom stereocenters. The van der Waals surface area contributed by atoms with Crippen LogP contribution < -0.4 is 29.6 Å². The van der Waals surface area contributed by atoms with Crippen LogP contribution in [-0.4, -0.2) is 97.1 Å². The Hall–Kier alpha value is -4.23. The molecule has 2 fully saturated rings. The highest BCUT2D eigenvalue weighted by molar-refractivity contribution is 5.77. The summed E-state index contributed by atoms with van der Waals surface area (Å²) in [6, 6.07) is 10.7. The highest BCUT2D eigenvalue weighted by Gasteiger charge is 2.44. The summed E-state index contributed by atoms with van der Waals surface area (Å²) in [6.07, 6.45) is 4.11. The van der Waals surface area contributed by atoms with E-state index in [1.54, 1.807) is 28.4 Å². The third-order valence-corrected chi connectivity index (χ3v) is 13.2. The fourth-order valence-electron chi connectivity index (χ4n) is 8.96. The topological polar surface area (TPSA) is 149 Å². The first kappa shape index (κ1) is 52.4. The van der Waals surface area contributed by atoms with Crippen LogP contribution >= 0.6 is 0 Å². The Bertz CT molecular complexity index is 1630. The molecular weight excluding hydrogens is 817 g/mol. The summed E-state index contributed by atoms with van der Waals surface area (Å²) in [5, 5.41) is 6.63. The van der Waals surface area contributed by atoms with Crippen LogP contribution in [0.25, 0.3) is 0 Å². The molecule has 2 amide bonds. The molecule has 2 aliphatic rings. The number of carbonyl (C=O) groups excluding carboxylic acids is 3. The number of hydrogen-bond donors (Lipinski definition) is 2. The van der Waals surface area contributed by atoms with Crippen LogP contribution in [0.3, 0.4) is 0 Å². The number of esters is 2. The van der Waals surface area contributed by atoms with Gasteiger partial charge >= 0.3 is 18.0 Å². The largest absolute Gasteiger partial charge is 0.493 e. The summed E-state index contributed by atoms with van der Waals surface area (Å²) in [7, 11) is 6.61. The van der Waals surface area contributed by atoms with Gasteiger partial charge in [-0.25, -0.2) is 4.79 Å². The lowest BCUT2D eigenvalue weighted by molar-refractivity contribution is -0.147. The lowest BCUT2D eigenvalue weighted by Gasteiger charge is -2.33. The maximum Gasteiger partial charge on any atom is 0.315 e. The second kappa shape index (κ2) is 26.1. The summed E-state index contributed by atoms with van der Waals surface area (Å²) >= 11 is 0. The number of urea groups is 1. The molecule has 64 heavy (non-hydrogen) atoms. The molecule has 0 radical (unpaired) electrons. The predicted molar refractivity (Wildman–Crippen MR) is 248 cm³/mol. The van der Waals surface area contributed by atoms with E-state index in [0.29, 0.717) is 88.0 Å². The Morgan fingerprint density at radius 1 is 0.594 bits per heavy atom. The molecule has 2 aromatic rings. The number of nitrogens with one attached hydrogen (secondary N) is 2. The van der Waals surface area contributed by atoms with Gasteiger partial charge in [0.2, 0.25) is 0 Å². The maximum absolute atomic E-state index is 14.5. The molecule has 8 atom stereocenters. The highest BCUT2D eigenvalue weighted by Crippen LogP contribution is 2.37. The molecule has 0 bridgehead atoms. The van der Waals surface area contributed by atoms with Gasteiger partial charge in [-0.15, -0.1) is 0 Å². The Kier molecular flexibility index (Phi) is 21.3. The molecule has 0 spiro atoms. The Morgan fingerprint density at radius 3 is 1.30 bits per heavy atom. The SMILES string of the molecule is COCCCOc1cc(C[C@@H](C[C@H](NC(=O)N[C@@H](C[C@H](Cc2ccc(OC)c(OCCCOC)c2)C(C)C)[C@@H]2C[C@@H](C(C)C)C(=O)O2)[C@@H]2C[C@@H](C(C)C)C(=O)O2)C(C)C)ccc1OC. The van der Waals surface area contributed by atoms with Gasteiger partial charge in [0.15, 0.2) is 23.0 Å². The average molecular weight is 897 g/mol. The zero-order valence-electron chi connectivity index (χ0n) is 40.9. The van der Waals surface area contributed by atoms with Crippen LogP contribution in [0.4, 0.5) is 4.79 Å². The lowest BCUT2D eigenvalue weighted by atomic mass is 9.81. The summed E-state index contributed by atoms with van der Waals surface area (Å²) in [5.74, 6) is 2.60. The van der Waals surface area contributed by atoms with Crippen LogP contribution in [0.2, 0.25) is 0 Å². The first-order valence-corrected chi connectivity index (χ1v) is 23.6. The number of ether oxygens (including phenoxy) is 8. The minimum Gasteiger partial charge on any atom is -0.493 e. The van der Waals surface area contributed by atoms with Crippen molar-refractivity contribution in [2.75, 3.05) is 54.9 Å². The van der Waals surface area contributed by atoms with Crippen molar-refractivity contribution in [1.29, 1.82) is 0 Å². The van der Waals surface area contributed by atoms with E-state index in [4.69, 9.17) is 37.9 Å². The number of carbonyl (C=O) groups is 3. The number of hydrogen-bond acceptors (Lipinski definition) is 11. The van der Waals surface area contributed by atoms with E-state index in [-0.39, 0.29) is 65.3 Å². The zero-order chi connectivity index (χ0) is 46.9. The molecule has 0 aromatic heterocycles. The predicted octanol–water partition coefficient (Wildman–Crippen LogP) is 8.86. The molecule has 2 N–H and O–H groups in total. The van der Waals surface area contributed by atoms with Crippen molar-refractivity contribution in [2.24, 2.45) is 47.3 Å². The smallest absolute Gasteiger partial charge is 0.315 e. The molecule has 2 heterocycles. The molecule has 4 rings (SSSR count). The van der Waals surface area contributed by atoms with E-state index in [1.807, 2.05) is 52.0 Å². The zero-order valence-corrected chi connectivity index (χ0v) is 40.9. The van der Waals surface area contributed by atoms with Gasteiger partial charge in [0.1, 0.15) is 12.2 Å². The quantitative estimate of drug-likeness (QED) is 0.0623. The minimum atomic E-state index is -0.500. The number of methoxy groups -OCH3 is 4. The van der Waals surface area contributed by atoms with Gasteiger partial charge in [0.05, 0.1) is 51.4 Å². The average Bonchev–Trinajstić information content (AvgIpc) is 3.85. The second-order valence-corrected chi connectivity index (χ2v) is 19.2. The van der Waals surface area contributed by atoms with Crippen molar-refractivity contribution >= 4 is 18.0 Å². The van der Waals surface area contributed by atoms with Gasteiger partial charge in [0.25, 0.3) is 0 Å². The van der Waals surface area contributed by atoms with Crippen LogP contribution in [0.15, 0.2) is 36.4 Å². The molecule has 13 heteroatoms. The first-order chi connectivity index (χ1) is 30.6. The molecule has 2 aliphatic heterocycles. The van der Waals surface area contributed by atoms with Crippen molar-refractivity contribution in [2.45, 2.75) is 131 Å². The second-order valence-electron chi connectivity index (χ2n) is 19.2. The molecule has 2 saturated heterocycles. The number of amides is 2. The normalized spacial score (nSPS) is 20.6. The monoisotopic (exact) mass is 897 g/mol. The standard InChI is InChI=1S/C51H80N2O11/c1-31(2)37(23-35-15-17-43(59-11)47(25-35)61-21-13-19-57-9)27-41(45-29-39(33(5)6)49(54)63-45)52-51(56)53-42(46-30-40(34(7)8)50(55)64-46)28-38(32(3)4)24-36-16-18-44(60-12)48(26-36)62-22-14-20-58-10/h15-18,25-26,31-34,37-42,45-46H,13-14,19-24,27-30H2,1-12H3,(H2,52,53,56)/t37-,38-,39-,40-,41-,42-,45-,46-/m0/s1. The third-order valence-electron chi connectivity index (χ3n) is 13.2. The van der Waals surface area contributed by atoms with Crippen molar-refractivity contribution in [3.8, 4) is 23.0 Å². The van der Waals surface area contributed by atoms with Gasteiger partial charge in [-0.1, -0.05) is 67.5 Å². The number of cyclic esters (lactones) is 2. The fourth-order valence-corrected chi connectivity index (χ4v) is 8.96. The van der Waals surface area contributed by atoms with Crippen LogP contribution in [0, 0.1) is 47.3 Å². The summed E-state index contributed by atoms with van der Waals surface area (Å²) in [4.78, 5) is 41.0. The molecule has 0 saturated carbocycles. The Balaban J connectivity index is 1.60. The van der Waals surface area contributed by atoms with Crippen LogP contribution in [-0.2, 0) is 41.4 Å². The van der Waals surface area contributed by atoms with Gasteiger partial charge in [0, 0.05) is 40.3 Å². The van der Waals surface area contributed by atoms with Crippen molar-refractivity contribution in [3.05, 3.63) is 47.5 Å². The highest BCUT2D eigenvalue weighted by atomic mass is 16.6. The van der Waals surface area contributed by atoms with Gasteiger partial charge < -0.3 is 48.5 Å². The van der Waals surface area contributed by atoms with E-state index in [2.05, 4.69) is 50.5 Å². The molecule has 2 aromatic carbocycles. The summed E-state index contributed by atoms with van der Waals surface area (Å²) < 4.78 is 46.1. The van der Waals surface area contributed by atoms with Crippen LogP contribution in [0.1, 0.15) is 105 Å². The van der Waals surface area contributed by atoms with E-state index < -0.39 is 24.3 Å². The maximum atomic E-state index is 14.5. The third kappa shape index (κ3) is 15.5. The summed E-state index contributed by atoms with van der Waals surface area (Å²) in [6.45, 7) is 19.1. The molecular formula is C51H80N2O11. The van der Waals surface area contributed by atoms with E-state index >= 15 is 0 Å². The lowest BCUT2D eigenvalue weighted by Crippen LogP contribution is -2.54.